The van der Waals surface area contributed by atoms with Gasteiger partial charge in [0.05, 0.1) is 12.6 Å². The number of carbonyl (C=O) groups excluding carboxylic acids is 1. The van der Waals surface area contributed by atoms with Crippen molar-refractivity contribution in [2.75, 3.05) is 26.2 Å². The Morgan fingerprint density at radius 3 is 2.71 bits per heavy atom. The Labute approximate surface area is 145 Å². The lowest BCUT2D eigenvalue weighted by molar-refractivity contribution is -0.120. The molecule has 1 aliphatic heterocycles. The molecular formula is C19H28N4O. The van der Waals surface area contributed by atoms with Crippen LogP contribution in [0.3, 0.4) is 0 Å². The van der Waals surface area contributed by atoms with E-state index in [0.29, 0.717) is 0 Å². The minimum atomic E-state index is -0.130. The van der Waals surface area contributed by atoms with Gasteiger partial charge >= 0.3 is 0 Å². The van der Waals surface area contributed by atoms with E-state index in [1.54, 1.807) is 0 Å². The lowest BCUT2D eigenvalue weighted by atomic mass is 9.85. The van der Waals surface area contributed by atoms with E-state index in [2.05, 4.69) is 60.6 Å². The van der Waals surface area contributed by atoms with Crippen LogP contribution >= 0.6 is 0 Å². The van der Waals surface area contributed by atoms with E-state index in [0.717, 1.165) is 26.1 Å². The Kier molecular flexibility index (Phi) is 6.36. The summed E-state index contributed by atoms with van der Waals surface area (Å²) in [5, 5.41) is 14.5. The molecule has 2 rings (SSSR count). The topological polar surface area (TPSA) is 68.2 Å². The van der Waals surface area contributed by atoms with Crippen LogP contribution in [-0.2, 0) is 17.8 Å². The molecule has 130 valence electrons. The predicted octanol–water partition coefficient (Wildman–Crippen LogP) is 1.69. The van der Waals surface area contributed by atoms with Crippen molar-refractivity contribution < 1.29 is 4.79 Å². The molecule has 0 saturated heterocycles. The van der Waals surface area contributed by atoms with E-state index in [4.69, 9.17) is 5.26 Å². The van der Waals surface area contributed by atoms with Crippen LogP contribution in [0.5, 0.6) is 0 Å². The molecule has 1 aliphatic rings. The number of hydrogen-bond donors (Lipinski definition) is 2. The van der Waals surface area contributed by atoms with Crippen LogP contribution in [0.4, 0.5) is 0 Å². The fourth-order valence-electron chi connectivity index (χ4n) is 3.03. The number of amides is 1. The third kappa shape index (κ3) is 5.33. The minimum absolute atomic E-state index is 0.0481. The number of carbonyl (C=O) groups is 1. The van der Waals surface area contributed by atoms with Gasteiger partial charge in [0, 0.05) is 25.7 Å². The van der Waals surface area contributed by atoms with Crippen LogP contribution in [0.2, 0.25) is 0 Å². The zero-order chi connectivity index (χ0) is 17.6. The highest BCUT2D eigenvalue weighted by molar-refractivity contribution is 5.78. The van der Waals surface area contributed by atoms with E-state index >= 15 is 0 Å². The summed E-state index contributed by atoms with van der Waals surface area (Å²) in [4.78, 5) is 14.2. The van der Waals surface area contributed by atoms with Crippen molar-refractivity contribution in [2.45, 2.75) is 39.8 Å². The third-order valence-corrected chi connectivity index (χ3v) is 4.57. The molecule has 0 fully saturated rings. The predicted molar refractivity (Wildman–Crippen MR) is 95.3 cm³/mol. The smallest absolute Gasteiger partial charge is 0.234 e. The number of rotatable bonds is 6. The van der Waals surface area contributed by atoms with Crippen molar-refractivity contribution in [3.8, 4) is 6.07 Å². The highest BCUT2D eigenvalue weighted by atomic mass is 16.1. The Balaban J connectivity index is 1.93. The monoisotopic (exact) mass is 328 g/mol. The van der Waals surface area contributed by atoms with Crippen LogP contribution in [0.25, 0.3) is 0 Å². The summed E-state index contributed by atoms with van der Waals surface area (Å²) < 4.78 is 0. The van der Waals surface area contributed by atoms with E-state index < -0.39 is 0 Å². The second-order valence-corrected chi connectivity index (χ2v) is 7.49. The summed E-state index contributed by atoms with van der Waals surface area (Å²) in [7, 11) is 0. The standard InChI is InChI=1S/C19H28N4O/c1-19(2,3)17(22-12-18(24)21-10-9-20)14-23-11-8-15-6-4-5-7-16(15)13-23/h4-7,17,22H,8,10-14H2,1-3H3,(H,21,24). The van der Waals surface area contributed by atoms with Gasteiger partial charge in [-0.1, -0.05) is 45.0 Å². The Morgan fingerprint density at radius 2 is 2.04 bits per heavy atom. The zero-order valence-corrected chi connectivity index (χ0v) is 14.9. The number of nitrogens with zero attached hydrogens (tertiary/aromatic N) is 2. The van der Waals surface area contributed by atoms with Gasteiger partial charge in [-0.15, -0.1) is 0 Å². The molecule has 5 nitrogen and oxygen atoms in total. The first kappa shape index (κ1) is 18.4. The zero-order valence-electron chi connectivity index (χ0n) is 14.9. The fraction of sp³-hybridized carbons (Fsp3) is 0.579. The number of nitriles is 1. The molecule has 0 bridgehead atoms. The lowest BCUT2D eigenvalue weighted by Crippen LogP contribution is -2.52. The van der Waals surface area contributed by atoms with Gasteiger partial charge in [0.25, 0.3) is 0 Å². The second-order valence-electron chi connectivity index (χ2n) is 7.49. The number of benzene rings is 1. The second kappa shape index (κ2) is 8.27. The van der Waals surface area contributed by atoms with Gasteiger partial charge in [0.2, 0.25) is 5.91 Å². The average molecular weight is 328 g/mol. The molecule has 0 radical (unpaired) electrons. The molecule has 1 atom stereocenters. The van der Waals surface area contributed by atoms with Crippen molar-refractivity contribution in [1.29, 1.82) is 5.26 Å². The van der Waals surface area contributed by atoms with Crippen molar-refractivity contribution in [3.05, 3.63) is 35.4 Å². The van der Waals surface area contributed by atoms with Crippen molar-refractivity contribution >= 4 is 5.91 Å². The maximum Gasteiger partial charge on any atom is 0.234 e. The molecular weight excluding hydrogens is 300 g/mol. The third-order valence-electron chi connectivity index (χ3n) is 4.57. The first-order valence-corrected chi connectivity index (χ1v) is 8.56. The molecule has 1 aromatic rings. The SMILES string of the molecule is CC(C)(C)C(CN1CCc2ccccc2C1)NCC(=O)NCC#N. The van der Waals surface area contributed by atoms with Gasteiger partial charge in [-0.25, -0.2) is 0 Å². The molecule has 1 unspecified atom stereocenters. The van der Waals surface area contributed by atoms with E-state index in [-0.39, 0.29) is 30.5 Å². The van der Waals surface area contributed by atoms with Gasteiger partial charge < -0.3 is 10.6 Å². The summed E-state index contributed by atoms with van der Waals surface area (Å²) in [6.07, 6.45) is 1.08. The molecule has 1 heterocycles. The molecule has 0 aromatic heterocycles. The molecule has 0 aliphatic carbocycles. The molecule has 24 heavy (non-hydrogen) atoms. The molecule has 1 aromatic carbocycles. The van der Waals surface area contributed by atoms with Gasteiger partial charge in [-0.2, -0.15) is 5.26 Å². The van der Waals surface area contributed by atoms with Crippen LogP contribution in [0, 0.1) is 16.7 Å². The van der Waals surface area contributed by atoms with Crippen molar-refractivity contribution in [3.63, 3.8) is 0 Å². The van der Waals surface area contributed by atoms with Gasteiger partial charge in [0.15, 0.2) is 0 Å². The molecule has 0 spiro atoms. The number of nitrogens with one attached hydrogen (secondary N) is 2. The molecule has 2 N–H and O–H groups in total. The fourth-order valence-corrected chi connectivity index (χ4v) is 3.03. The lowest BCUT2D eigenvalue weighted by Gasteiger charge is -2.38. The van der Waals surface area contributed by atoms with Crippen molar-refractivity contribution in [1.82, 2.24) is 15.5 Å². The minimum Gasteiger partial charge on any atom is -0.342 e. The Bertz CT molecular complexity index is 600. The van der Waals surface area contributed by atoms with Gasteiger partial charge in [-0.05, 0) is 23.0 Å². The van der Waals surface area contributed by atoms with E-state index in [1.165, 1.54) is 11.1 Å². The highest BCUT2D eigenvalue weighted by Crippen LogP contribution is 2.23. The van der Waals surface area contributed by atoms with Crippen LogP contribution in [0.1, 0.15) is 31.9 Å². The van der Waals surface area contributed by atoms with Gasteiger partial charge in [0.1, 0.15) is 6.54 Å². The Morgan fingerprint density at radius 1 is 1.33 bits per heavy atom. The molecule has 0 saturated carbocycles. The summed E-state index contributed by atoms with van der Waals surface area (Å²) in [6, 6.07) is 10.8. The largest absolute Gasteiger partial charge is 0.342 e. The van der Waals surface area contributed by atoms with Crippen LogP contribution in [-0.4, -0.2) is 43.0 Å². The first-order valence-electron chi connectivity index (χ1n) is 8.56. The Hall–Kier alpha value is -1.90. The average Bonchev–Trinajstić information content (AvgIpc) is 2.55. The van der Waals surface area contributed by atoms with E-state index in [1.807, 2.05) is 6.07 Å². The maximum atomic E-state index is 11.8. The van der Waals surface area contributed by atoms with Crippen LogP contribution < -0.4 is 10.6 Å². The summed E-state index contributed by atoms with van der Waals surface area (Å²) in [5.74, 6) is -0.130. The van der Waals surface area contributed by atoms with Crippen molar-refractivity contribution in [2.24, 2.45) is 5.41 Å². The summed E-state index contributed by atoms with van der Waals surface area (Å²) in [6.45, 7) is 9.79. The first-order chi connectivity index (χ1) is 11.4. The maximum absolute atomic E-state index is 11.8. The summed E-state index contributed by atoms with van der Waals surface area (Å²) in [5.41, 5.74) is 2.90. The molecule has 1 amide bonds. The molecule has 5 heteroatoms. The number of hydrogen-bond acceptors (Lipinski definition) is 4. The van der Waals surface area contributed by atoms with Crippen LogP contribution in [0.15, 0.2) is 24.3 Å². The normalized spacial score (nSPS) is 16.1. The van der Waals surface area contributed by atoms with E-state index in [9.17, 15) is 4.79 Å². The summed E-state index contributed by atoms with van der Waals surface area (Å²) >= 11 is 0. The number of fused-ring (bicyclic) bond motifs is 1. The highest BCUT2D eigenvalue weighted by Gasteiger charge is 2.28. The quantitative estimate of drug-likeness (QED) is 0.780. The van der Waals surface area contributed by atoms with Gasteiger partial charge in [-0.3, -0.25) is 9.69 Å².